The van der Waals surface area contributed by atoms with Gasteiger partial charge in [0.2, 0.25) is 0 Å². The van der Waals surface area contributed by atoms with Crippen molar-refractivity contribution in [2.24, 2.45) is 23.7 Å². The summed E-state index contributed by atoms with van der Waals surface area (Å²) < 4.78 is 0. The standard InChI is InChI=1S/C12H25N/c1-9(2)11-5-6-13-8-12(7-11)10(3)4/h9-13H,5-8H2,1-4H3. The molecule has 0 aromatic heterocycles. The van der Waals surface area contributed by atoms with E-state index < -0.39 is 0 Å². The number of nitrogens with one attached hydrogen (secondary N) is 1. The summed E-state index contributed by atoms with van der Waals surface area (Å²) in [6.45, 7) is 11.9. The second kappa shape index (κ2) is 4.99. The van der Waals surface area contributed by atoms with Crippen LogP contribution in [0.2, 0.25) is 0 Å². The van der Waals surface area contributed by atoms with Gasteiger partial charge in [-0.05, 0) is 49.6 Å². The molecule has 2 atom stereocenters. The van der Waals surface area contributed by atoms with E-state index in [4.69, 9.17) is 0 Å². The zero-order chi connectivity index (χ0) is 9.84. The first-order valence-corrected chi connectivity index (χ1v) is 5.82. The van der Waals surface area contributed by atoms with E-state index in [1.807, 2.05) is 0 Å². The highest BCUT2D eigenvalue weighted by molar-refractivity contribution is 4.77. The first-order valence-electron chi connectivity index (χ1n) is 5.82. The van der Waals surface area contributed by atoms with Crippen LogP contribution in [0, 0.1) is 23.7 Å². The van der Waals surface area contributed by atoms with Crippen molar-refractivity contribution in [1.82, 2.24) is 5.32 Å². The van der Waals surface area contributed by atoms with Gasteiger partial charge in [-0.15, -0.1) is 0 Å². The minimum Gasteiger partial charge on any atom is -0.316 e. The maximum Gasteiger partial charge on any atom is -0.00180 e. The van der Waals surface area contributed by atoms with Gasteiger partial charge < -0.3 is 5.32 Å². The zero-order valence-corrected chi connectivity index (χ0v) is 9.64. The second-order valence-corrected chi connectivity index (χ2v) is 5.24. The van der Waals surface area contributed by atoms with Gasteiger partial charge in [-0.3, -0.25) is 0 Å². The van der Waals surface area contributed by atoms with Gasteiger partial charge in [0.15, 0.2) is 0 Å². The Morgan fingerprint density at radius 1 is 1.00 bits per heavy atom. The normalized spacial score (nSPS) is 30.9. The Labute approximate surface area is 83.3 Å². The van der Waals surface area contributed by atoms with Gasteiger partial charge in [-0.2, -0.15) is 0 Å². The third-order valence-electron chi connectivity index (χ3n) is 3.59. The molecule has 0 bridgehead atoms. The predicted molar refractivity (Wildman–Crippen MR) is 58.8 cm³/mol. The molecule has 0 aromatic carbocycles. The minimum absolute atomic E-state index is 0.840. The summed E-state index contributed by atoms with van der Waals surface area (Å²) in [6, 6.07) is 0. The van der Waals surface area contributed by atoms with E-state index in [9.17, 15) is 0 Å². The monoisotopic (exact) mass is 183 g/mol. The summed E-state index contributed by atoms with van der Waals surface area (Å²) in [5.74, 6) is 3.55. The fraction of sp³-hybridized carbons (Fsp3) is 1.00. The van der Waals surface area contributed by atoms with Crippen molar-refractivity contribution in [3.05, 3.63) is 0 Å². The third kappa shape index (κ3) is 3.30. The van der Waals surface area contributed by atoms with Gasteiger partial charge in [0.05, 0.1) is 0 Å². The van der Waals surface area contributed by atoms with Crippen molar-refractivity contribution in [1.29, 1.82) is 0 Å². The molecule has 1 rings (SSSR count). The highest BCUT2D eigenvalue weighted by Crippen LogP contribution is 2.28. The molecule has 1 heteroatoms. The van der Waals surface area contributed by atoms with Crippen molar-refractivity contribution in [2.75, 3.05) is 13.1 Å². The van der Waals surface area contributed by atoms with Gasteiger partial charge in [-0.1, -0.05) is 27.7 Å². The summed E-state index contributed by atoms with van der Waals surface area (Å²) in [5, 5.41) is 3.56. The third-order valence-corrected chi connectivity index (χ3v) is 3.59. The predicted octanol–water partition coefficient (Wildman–Crippen LogP) is 2.91. The molecule has 0 amide bonds. The lowest BCUT2D eigenvalue weighted by molar-refractivity contribution is 0.266. The van der Waals surface area contributed by atoms with E-state index in [-0.39, 0.29) is 0 Å². The van der Waals surface area contributed by atoms with E-state index in [2.05, 4.69) is 33.0 Å². The van der Waals surface area contributed by atoms with Crippen molar-refractivity contribution in [3.63, 3.8) is 0 Å². The van der Waals surface area contributed by atoms with Gasteiger partial charge >= 0.3 is 0 Å². The van der Waals surface area contributed by atoms with Crippen LogP contribution in [0.15, 0.2) is 0 Å². The molecule has 1 saturated heterocycles. The zero-order valence-electron chi connectivity index (χ0n) is 9.64. The van der Waals surface area contributed by atoms with Crippen molar-refractivity contribution in [3.8, 4) is 0 Å². The molecule has 2 unspecified atom stereocenters. The lowest BCUT2D eigenvalue weighted by Gasteiger charge is -2.24. The smallest absolute Gasteiger partial charge is 0.00180 e. The molecule has 1 nitrogen and oxygen atoms in total. The number of hydrogen-bond donors (Lipinski definition) is 1. The van der Waals surface area contributed by atoms with E-state index in [1.54, 1.807) is 0 Å². The Kier molecular flexibility index (Phi) is 4.24. The molecule has 1 N–H and O–H groups in total. The van der Waals surface area contributed by atoms with Crippen LogP contribution in [-0.4, -0.2) is 13.1 Å². The Balaban J connectivity index is 2.49. The molecule has 0 aromatic rings. The van der Waals surface area contributed by atoms with E-state index in [0.717, 1.165) is 23.7 Å². The lowest BCUT2D eigenvalue weighted by Crippen LogP contribution is -2.24. The van der Waals surface area contributed by atoms with Gasteiger partial charge in [0, 0.05) is 0 Å². The molecule has 1 aliphatic rings. The molecule has 1 heterocycles. The Morgan fingerprint density at radius 2 is 1.62 bits per heavy atom. The highest BCUT2D eigenvalue weighted by Gasteiger charge is 2.23. The van der Waals surface area contributed by atoms with Crippen LogP contribution in [0.5, 0.6) is 0 Å². The summed E-state index contributed by atoms with van der Waals surface area (Å²) in [6.07, 6.45) is 2.81. The van der Waals surface area contributed by atoms with Gasteiger partial charge in [0.1, 0.15) is 0 Å². The fourth-order valence-electron chi connectivity index (χ4n) is 2.28. The van der Waals surface area contributed by atoms with Crippen LogP contribution >= 0.6 is 0 Å². The van der Waals surface area contributed by atoms with Gasteiger partial charge in [-0.25, -0.2) is 0 Å². The highest BCUT2D eigenvalue weighted by atomic mass is 14.9. The van der Waals surface area contributed by atoms with E-state index in [1.165, 1.54) is 25.9 Å². The van der Waals surface area contributed by atoms with E-state index in [0.29, 0.717) is 0 Å². The average molecular weight is 183 g/mol. The number of hydrogen-bond acceptors (Lipinski definition) is 1. The minimum atomic E-state index is 0.840. The maximum atomic E-state index is 3.56. The van der Waals surface area contributed by atoms with Crippen LogP contribution < -0.4 is 5.32 Å². The SMILES string of the molecule is CC(C)C1CCNCC(C(C)C)C1. The topological polar surface area (TPSA) is 12.0 Å². The van der Waals surface area contributed by atoms with Crippen LogP contribution in [0.4, 0.5) is 0 Å². The van der Waals surface area contributed by atoms with Crippen molar-refractivity contribution in [2.45, 2.75) is 40.5 Å². The van der Waals surface area contributed by atoms with E-state index >= 15 is 0 Å². The molecular formula is C12H25N. The quantitative estimate of drug-likeness (QED) is 0.694. The molecule has 1 fully saturated rings. The Bertz CT molecular complexity index is 124. The number of rotatable bonds is 2. The molecule has 1 aliphatic heterocycles. The largest absolute Gasteiger partial charge is 0.316 e. The summed E-state index contributed by atoms with van der Waals surface area (Å²) >= 11 is 0. The Morgan fingerprint density at radius 3 is 2.15 bits per heavy atom. The second-order valence-electron chi connectivity index (χ2n) is 5.24. The molecule has 13 heavy (non-hydrogen) atoms. The van der Waals surface area contributed by atoms with Crippen LogP contribution in [0.3, 0.4) is 0 Å². The summed E-state index contributed by atoms with van der Waals surface area (Å²) in [5.41, 5.74) is 0. The average Bonchev–Trinajstić information content (AvgIpc) is 2.28. The molecule has 0 saturated carbocycles. The molecule has 0 radical (unpaired) electrons. The molecule has 78 valence electrons. The van der Waals surface area contributed by atoms with Crippen LogP contribution in [0.25, 0.3) is 0 Å². The van der Waals surface area contributed by atoms with Crippen molar-refractivity contribution < 1.29 is 0 Å². The Hall–Kier alpha value is -0.0400. The fourth-order valence-corrected chi connectivity index (χ4v) is 2.28. The molecular weight excluding hydrogens is 158 g/mol. The van der Waals surface area contributed by atoms with Crippen molar-refractivity contribution >= 4 is 0 Å². The summed E-state index contributed by atoms with van der Waals surface area (Å²) in [4.78, 5) is 0. The first-order chi connectivity index (χ1) is 6.11. The first kappa shape index (κ1) is 11.0. The molecule has 0 aliphatic carbocycles. The van der Waals surface area contributed by atoms with Crippen LogP contribution in [0.1, 0.15) is 40.5 Å². The summed E-state index contributed by atoms with van der Waals surface area (Å²) in [7, 11) is 0. The molecule has 0 spiro atoms. The maximum absolute atomic E-state index is 3.56. The van der Waals surface area contributed by atoms with Crippen LogP contribution in [-0.2, 0) is 0 Å². The van der Waals surface area contributed by atoms with Gasteiger partial charge in [0.25, 0.3) is 0 Å². The lowest BCUT2D eigenvalue weighted by atomic mass is 9.81.